The monoisotopic (exact) mass is 261 g/mol. The van der Waals surface area contributed by atoms with Crippen molar-refractivity contribution in [1.82, 2.24) is 4.90 Å². The number of aliphatic carboxylic acids is 1. The van der Waals surface area contributed by atoms with Gasteiger partial charge in [-0.15, -0.1) is 0 Å². The van der Waals surface area contributed by atoms with Crippen LogP contribution in [0.3, 0.4) is 0 Å². The van der Waals surface area contributed by atoms with Crippen LogP contribution in [0.1, 0.15) is 26.2 Å². The van der Waals surface area contributed by atoms with Gasteiger partial charge in [-0.2, -0.15) is 11.8 Å². The molecule has 0 aromatic rings. The van der Waals surface area contributed by atoms with Crippen LogP contribution in [0.2, 0.25) is 0 Å². The molecule has 0 spiro atoms. The molecule has 1 heterocycles. The fourth-order valence-electron chi connectivity index (χ4n) is 1.81. The predicted octanol–water partition coefficient (Wildman–Crippen LogP) is 0.566. The van der Waals surface area contributed by atoms with Crippen LogP contribution in [0, 0.1) is 0 Å². The van der Waals surface area contributed by atoms with Crippen molar-refractivity contribution < 1.29 is 19.8 Å². The molecule has 0 radical (unpaired) electrons. The third-order valence-electron chi connectivity index (χ3n) is 2.75. The number of β-amino-alcohol motifs (C(OH)–C–C–N with tert-alkyl or cyclic N) is 1. The van der Waals surface area contributed by atoms with Crippen LogP contribution in [0.4, 0.5) is 0 Å². The van der Waals surface area contributed by atoms with E-state index < -0.39 is 18.1 Å². The number of carbonyl (C=O) groups is 2. The van der Waals surface area contributed by atoms with Crippen molar-refractivity contribution in [2.45, 2.75) is 38.3 Å². The number of hydrogen-bond acceptors (Lipinski definition) is 4. The van der Waals surface area contributed by atoms with Gasteiger partial charge in [-0.3, -0.25) is 4.79 Å². The number of rotatable bonds is 6. The smallest absolute Gasteiger partial charge is 0.326 e. The molecule has 6 heteroatoms. The largest absolute Gasteiger partial charge is 0.480 e. The minimum absolute atomic E-state index is 0.140. The summed E-state index contributed by atoms with van der Waals surface area (Å²) in [5, 5.41) is 18.4. The van der Waals surface area contributed by atoms with Crippen LogP contribution in [0.15, 0.2) is 0 Å². The number of carboxylic acids is 1. The molecule has 98 valence electrons. The average Bonchev–Trinajstić information content (AvgIpc) is 2.66. The molecular formula is C11H19NO4S. The Morgan fingerprint density at radius 1 is 1.47 bits per heavy atom. The first-order valence-electron chi connectivity index (χ1n) is 5.84. The number of carboxylic acid groups (broad SMARTS) is 1. The predicted molar refractivity (Wildman–Crippen MR) is 66.0 cm³/mol. The molecule has 1 aliphatic heterocycles. The first kappa shape index (κ1) is 14.3. The van der Waals surface area contributed by atoms with Gasteiger partial charge in [0.1, 0.15) is 6.04 Å². The first-order chi connectivity index (χ1) is 8.06. The number of nitrogens with zero attached hydrogens (tertiary/aromatic N) is 1. The Morgan fingerprint density at radius 2 is 2.18 bits per heavy atom. The van der Waals surface area contributed by atoms with Crippen molar-refractivity contribution in [3.05, 3.63) is 0 Å². The summed E-state index contributed by atoms with van der Waals surface area (Å²) in [6.45, 7) is 2.23. The van der Waals surface area contributed by atoms with E-state index in [1.54, 1.807) is 0 Å². The molecular weight excluding hydrogens is 242 g/mol. The van der Waals surface area contributed by atoms with E-state index in [2.05, 4.69) is 6.92 Å². The molecule has 1 aliphatic rings. The second-order valence-corrected chi connectivity index (χ2v) is 5.30. The molecule has 1 fully saturated rings. The molecule has 0 aromatic heterocycles. The van der Waals surface area contributed by atoms with Crippen molar-refractivity contribution in [3.63, 3.8) is 0 Å². The van der Waals surface area contributed by atoms with E-state index in [-0.39, 0.29) is 18.9 Å². The highest BCUT2D eigenvalue weighted by Gasteiger charge is 2.38. The normalized spacial score (nSPS) is 24.0. The van der Waals surface area contributed by atoms with Crippen LogP contribution in [-0.2, 0) is 9.59 Å². The van der Waals surface area contributed by atoms with Crippen molar-refractivity contribution >= 4 is 23.6 Å². The van der Waals surface area contributed by atoms with E-state index in [0.29, 0.717) is 5.75 Å². The molecule has 1 saturated heterocycles. The Kier molecular flexibility index (Phi) is 5.77. The Balaban J connectivity index is 2.41. The average molecular weight is 261 g/mol. The molecule has 17 heavy (non-hydrogen) atoms. The van der Waals surface area contributed by atoms with Crippen LogP contribution in [0.25, 0.3) is 0 Å². The van der Waals surface area contributed by atoms with E-state index in [0.717, 1.165) is 18.6 Å². The molecule has 0 aromatic carbocycles. The van der Waals surface area contributed by atoms with Crippen molar-refractivity contribution in [2.24, 2.45) is 0 Å². The number of amides is 1. The van der Waals surface area contributed by atoms with E-state index in [1.165, 1.54) is 16.7 Å². The van der Waals surface area contributed by atoms with Gasteiger partial charge in [0.2, 0.25) is 5.91 Å². The summed E-state index contributed by atoms with van der Waals surface area (Å²) in [7, 11) is 0. The van der Waals surface area contributed by atoms with Crippen molar-refractivity contribution in [2.75, 3.05) is 18.1 Å². The Bertz CT molecular complexity index is 285. The van der Waals surface area contributed by atoms with Gasteiger partial charge in [-0.1, -0.05) is 13.3 Å². The first-order valence-corrected chi connectivity index (χ1v) is 6.99. The fourth-order valence-corrected chi connectivity index (χ4v) is 2.79. The van der Waals surface area contributed by atoms with Gasteiger partial charge in [0.05, 0.1) is 11.9 Å². The summed E-state index contributed by atoms with van der Waals surface area (Å²) in [6.07, 6.45) is 1.58. The summed E-state index contributed by atoms with van der Waals surface area (Å²) < 4.78 is 0. The minimum atomic E-state index is -1.03. The summed E-state index contributed by atoms with van der Waals surface area (Å²) in [6, 6.07) is -0.857. The highest BCUT2D eigenvalue weighted by molar-refractivity contribution is 7.99. The van der Waals surface area contributed by atoms with E-state index in [4.69, 9.17) is 5.11 Å². The Hall–Kier alpha value is -0.750. The lowest BCUT2D eigenvalue weighted by molar-refractivity contribution is -0.147. The van der Waals surface area contributed by atoms with E-state index >= 15 is 0 Å². The second-order valence-electron chi connectivity index (χ2n) is 4.20. The Labute approximate surface area is 105 Å². The molecule has 1 amide bonds. The number of hydrogen-bond donors (Lipinski definition) is 2. The summed E-state index contributed by atoms with van der Waals surface area (Å²) in [5.74, 6) is -0.00382. The van der Waals surface area contributed by atoms with Crippen LogP contribution in [-0.4, -0.2) is 57.2 Å². The van der Waals surface area contributed by atoms with E-state index in [1.807, 2.05) is 0 Å². The molecule has 0 unspecified atom stereocenters. The highest BCUT2D eigenvalue weighted by Crippen LogP contribution is 2.19. The lowest BCUT2D eigenvalue weighted by Crippen LogP contribution is -2.41. The lowest BCUT2D eigenvalue weighted by Gasteiger charge is -2.20. The topological polar surface area (TPSA) is 77.8 Å². The molecule has 2 N–H and O–H groups in total. The molecule has 0 saturated carbocycles. The summed E-state index contributed by atoms with van der Waals surface area (Å²) >= 11 is 1.52. The van der Waals surface area contributed by atoms with Gasteiger partial charge >= 0.3 is 5.97 Å². The maximum Gasteiger partial charge on any atom is 0.326 e. The third-order valence-corrected chi connectivity index (χ3v) is 3.78. The minimum Gasteiger partial charge on any atom is -0.480 e. The molecule has 0 aliphatic carbocycles. The van der Waals surface area contributed by atoms with E-state index in [9.17, 15) is 14.7 Å². The third kappa shape index (κ3) is 4.20. The quantitative estimate of drug-likeness (QED) is 0.683. The van der Waals surface area contributed by atoms with Crippen LogP contribution < -0.4 is 0 Å². The number of aliphatic hydroxyl groups is 1. The number of unbranched alkanes of at least 4 members (excludes halogenated alkanes) is 1. The summed E-state index contributed by atoms with van der Waals surface area (Å²) in [5.41, 5.74) is 0. The SMILES string of the molecule is CCCCSCC(=O)N1C[C@@H](O)C[C@H]1C(=O)O. The van der Waals surface area contributed by atoms with Gasteiger partial charge in [0.15, 0.2) is 0 Å². The zero-order chi connectivity index (χ0) is 12.8. The zero-order valence-corrected chi connectivity index (χ0v) is 10.8. The Morgan fingerprint density at radius 3 is 2.76 bits per heavy atom. The fraction of sp³-hybridized carbons (Fsp3) is 0.818. The van der Waals surface area contributed by atoms with Crippen LogP contribution >= 0.6 is 11.8 Å². The maximum absolute atomic E-state index is 11.8. The maximum atomic E-state index is 11.8. The zero-order valence-electron chi connectivity index (χ0n) is 9.96. The number of likely N-dealkylation sites (tertiary alicyclic amines) is 1. The van der Waals surface area contributed by atoms with Crippen molar-refractivity contribution in [3.8, 4) is 0 Å². The highest BCUT2D eigenvalue weighted by atomic mass is 32.2. The lowest BCUT2D eigenvalue weighted by atomic mass is 10.2. The van der Waals surface area contributed by atoms with Crippen LogP contribution in [0.5, 0.6) is 0 Å². The molecule has 1 rings (SSSR count). The number of carbonyl (C=O) groups excluding carboxylic acids is 1. The van der Waals surface area contributed by atoms with Crippen molar-refractivity contribution in [1.29, 1.82) is 0 Å². The molecule has 2 atom stereocenters. The summed E-state index contributed by atoms with van der Waals surface area (Å²) in [4.78, 5) is 24.0. The van der Waals surface area contributed by atoms with Gasteiger partial charge in [0, 0.05) is 13.0 Å². The number of thioether (sulfide) groups is 1. The second kappa shape index (κ2) is 6.86. The standard InChI is InChI=1S/C11H19NO4S/c1-2-3-4-17-7-10(14)12-6-8(13)5-9(12)11(15)16/h8-9,13H,2-7H2,1H3,(H,15,16)/t8-,9-/m0/s1. The van der Waals surface area contributed by atoms with Gasteiger partial charge in [-0.05, 0) is 12.2 Å². The molecule has 5 nitrogen and oxygen atoms in total. The van der Waals surface area contributed by atoms with Gasteiger partial charge in [0.25, 0.3) is 0 Å². The van der Waals surface area contributed by atoms with Gasteiger partial charge in [-0.25, -0.2) is 4.79 Å². The number of aliphatic hydroxyl groups excluding tert-OH is 1. The van der Waals surface area contributed by atoms with Gasteiger partial charge < -0.3 is 15.1 Å². The molecule has 0 bridgehead atoms.